The highest BCUT2D eigenvalue weighted by molar-refractivity contribution is 7.84. The summed E-state index contributed by atoms with van der Waals surface area (Å²) in [5, 5.41) is 3.83. The summed E-state index contributed by atoms with van der Waals surface area (Å²) >= 11 is 5.71. The summed E-state index contributed by atoms with van der Waals surface area (Å²) < 4.78 is 12.0. The van der Waals surface area contributed by atoms with Gasteiger partial charge in [-0.25, -0.2) is 4.98 Å². The molecule has 17 heavy (non-hydrogen) atoms. The fraction of sp³-hybridized carbons (Fsp3) is 0.583. The van der Waals surface area contributed by atoms with Crippen LogP contribution >= 0.6 is 11.6 Å². The van der Waals surface area contributed by atoms with Crippen molar-refractivity contribution in [3.8, 4) is 0 Å². The van der Waals surface area contributed by atoms with E-state index in [0.717, 1.165) is 24.4 Å². The van der Waals surface area contributed by atoms with Crippen molar-refractivity contribution in [2.45, 2.75) is 18.6 Å². The van der Waals surface area contributed by atoms with Crippen LogP contribution < -0.4 is 5.32 Å². The summed E-state index contributed by atoms with van der Waals surface area (Å²) in [5.41, 5.74) is 0.997. The average Bonchev–Trinajstić information content (AvgIpc) is 2.33. The van der Waals surface area contributed by atoms with Gasteiger partial charge in [0.1, 0.15) is 5.15 Å². The van der Waals surface area contributed by atoms with Crippen molar-refractivity contribution in [2.75, 3.05) is 18.8 Å². The van der Waals surface area contributed by atoms with Gasteiger partial charge in [0.2, 0.25) is 0 Å². The van der Waals surface area contributed by atoms with E-state index < -0.39 is 10.8 Å². The minimum atomic E-state index is -0.798. The summed E-state index contributed by atoms with van der Waals surface area (Å²) in [6.45, 7) is 2.11. The molecule has 5 heteroatoms. The van der Waals surface area contributed by atoms with Crippen LogP contribution in [-0.4, -0.2) is 28.0 Å². The summed E-state index contributed by atoms with van der Waals surface area (Å²) in [4.78, 5) is 4.00. The number of nitrogens with zero attached hydrogens (tertiary/aromatic N) is 1. The molecular formula is C12H17ClN2OS. The van der Waals surface area contributed by atoms with Crippen LogP contribution in [0.2, 0.25) is 5.15 Å². The van der Waals surface area contributed by atoms with Gasteiger partial charge < -0.3 is 5.32 Å². The Kier molecular flexibility index (Phi) is 4.95. The molecule has 3 nitrogen and oxygen atoms in total. The van der Waals surface area contributed by atoms with Crippen molar-refractivity contribution >= 4 is 22.4 Å². The minimum absolute atomic E-state index is 0.482. The van der Waals surface area contributed by atoms with Crippen molar-refractivity contribution in [1.29, 1.82) is 0 Å². The Bertz CT molecular complexity index is 377. The minimum Gasteiger partial charge on any atom is -0.316 e. The zero-order chi connectivity index (χ0) is 12.1. The van der Waals surface area contributed by atoms with Crippen molar-refractivity contribution in [3.05, 3.63) is 29.0 Å². The largest absolute Gasteiger partial charge is 0.316 e. The van der Waals surface area contributed by atoms with E-state index in [4.69, 9.17) is 11.6 Å². The first kappa shape index (κ1) is 13.0. The van der Waals surface area contributed by atoms with Gasteiger partial charge in [-0.1, -0.05) is 17.7 Å². The first-order valence-electron chi connectivity index (χ1n) is 5.90. The quantitative estimate of drug-likeness (QED) is 0.853. The van der Waals surface area contributed by atoms with E-state index in [9.17, 15) is 4.21 Å². The van der Waals surface area contributed by atoms with Gasteiger partial charge in [-0.2, -0.15) is 0 Å². The van der Waals surface area contributed by atoms with E-state index in [0.29, 0.717) is 16.8 Å². The highest BCUT2D eigenvalue weighted by Crippen LogP contribution is 2.14. The molecule has 94 valence electrons. The molecule has 0 unspecified atom stereocenters. The molecular weight excluding hydrogens is 256 g/mol. The molecule has 2 heterocycles. The first-order chi connectivity index (χ1) is 8.24. The maximum absolute atomic E-state index is 12.0. The molecule has 0 aliphatic carbocycles. The fourth-order valence-corrected chi connectivity index (χ4v) is 3.65. The third-order valence-electron chi connectivity index (χ3n) is 2.94. The number of hydrogen-bond acceptors (Lipinski definition) is 3. The molecule has 2 rings (SSSR count). The summed E-state index contributed by atoms with van der Waals surface area (Å²) in [5.74, 6) is 1.93. The molecule has 0 saturated carbocycles. The van der Waals surface area contributed by atoms with Crippen LogP contribution in [-0.2, 0) is 16.6 Å². The van der Waals surface area contributed by atoms with Crippen molar-refractivity contribution in [3.63, 3.8) is 0 Å². The van der Waals surface area contributed by atoms with Gasteiger partial charge in [-0.3, -0.25) is 4.21 Å². The molecule has 1 saturated heterocycles. The Morgan fingerprint density at radius 1 is 1.53 bits per heavy atom. The molecule has 2 atom stereocenters. The number of piperidine rings is 1. The van der Waals surface area contributed by atoms with E-state index in [2.05, 4.69) is 10.3 Å². The maximum atomic E-state index is 12.0. The molecule has 1 aliphatic rings. The Hall–Kier alpha value is -0.450. The molecule has 0 amide bonds. The SMILES string of the molecule is O=[S@](Cc1ccc(Cl)nc1)C[C@H]1CCCNC1. The van der Waals surface area contributed by atoms with Gasteiger partial charge in [0, 0.05) is 22.7 Å². The lowest BCUT2D eigenvalue weighted by Gasteiger charge is -2.22. The van der Waals surface area contributed by atoms with Crippen LogP contribution in [0.3, 0.4) is 0 Å². The lowest BCUT2D eigenvalue weighted by atomic mass is 10.0. The monoisotopic (exact) mass is 272 g/mol. The second-order valence-electron chi connectivity index (χ2n) is 4.45. The highest BCUT2D eigenvalue weighted by Gasteiger charge is 2.16. The van der Waals surface area contributed by atoms with Crippen molar-refractivity contribution in [1.82, 2.24) is 10.3 Å². The van der Waals surface area contributed by atoms with E-state index in [1.807, 2.05) is 6.07 Å². The van der Waals surface area contributed by atoms with Crippen LogP contribution in [0, 0.1) is 5.92 Å². The summed E-state index contributed by atoms with van der Waals surface area (Å²) in [6, 6.07) is 3.64. The van der Waals surface area contributed by atoms with Crippen LogP contribution in [0.15, 0.2) is 18.3 Å². The second-order valence-corrected chi connectivity index (χ2v) is 6.34. The molecule has 0 radical (unpaired) electrons. The molecule has 1 N–H and O–H groups in total. The first-order valence-corrected chi connectivity index (χ1v) is 7.77. The molecule has 1 fully saturated rings. The van der Waals surface area contributed by atoms with Gasteiger partial charge in [-0.15, -0.1) is 0 Å². The molecule has 0 aromatic carbocycles. The lowest BCUT2D eigenvalue weighted by Crippen LogP contribution is -2.32. The standard InChI is InChI=1S/C12H17ClN2OS/c13-12-4-3-11(7-15-12)9-17(16)8-10-2-1-5-14-6-10/h3-4,7,10,14H,1-2,5-6,8-9H2/t10-,17-/m0/s1. The maximum Gasteiger partial charge on any atom is 0.129 e. The van der Waals surface area contributed by atoms with E-state index in [1.165, 1.54) is 12.8 Å². The normalized spacial score (nSPS) is 22.3. The Morgan fingerprint density at radius 3 is 3.06 bits per heavy atom. The molecule has 0 spiro atoms. The number of pyridine rings is 1. The van der Waals surface area contributed by atoms with Crippen LogP contribution in [0.4, 0.5) is 0 Å². The second kappa shape index (κ2) is 6.47. The third kappa shape index (κ3) is 4.37. The smallest absolute Gasteiger partial charge is 0.129 e. The Morgan fingerprint density at radius 2 is 2.41 bits per heavy atom. The topological polar surface area (TPSA) is 42.0 Å². The Labute approximate surface area is 109 Å². The number of aromatic nitrogens is 1. The van der Waals surface area contributed by atoms with Gasteiger partial charge in [0.05, 0.1) is 5.75 Å². The van der Waals surface area contributed by atoms with E-state index >= 15 is 0 Å². The van der Waals surface area contributed by atoms with E-state index in [-0.39, 0.29) is 0 Å². The van der Waals surface area contributed by atoms with Gasteiger partial charge in [-0.05, 0) is 43.5 Å². The molecule has 1 aromatic heterocycles. The number of hydrogen-bond donors (Lipinski definition) is 1. The van der Waals surface area contributed by atoms with Gasteiger partial charge in [0.25, 0.3) is 0 Å². The summed E-state index contributed by atoms with van der Waals surface area (Å²) in [7, 11) is -0.798. The predicted molar refractivity (Wildman–Crippen MR) is 71.6 cm³/mol. The summed E-state index contributed by atoms with van der Waals surface area (Å²) in [6.07, 6.45) is 4.10. The molecule has 1 aromatic rings. The van der Waals surface area contributed by atoms with Gasteiger partial charge in [0.15, 0.2) is 0 Å². The van der Waals surface area contributed by atoms with Crippen LogP contribution in [0.5, 0.6) is 0 Å². The zero-order valence-electron chi connectivity index (χ0n) is 9.69. The average molecular weight is 273 g/mol. The van der Waals surface area contributed by atoms with Crippen LogP contribution in [0.1, 0.15) is 18.4 Å². The van der Waals surface area contributed by atoms with E-state index in [1.54, 1.807) is 12.3 Å². The Balaban J connectivity index is 1.82. The number of nitrogens with one attached hydrogen (secondary N) is 1. The molecule has 0 bridgehead atoms. The van der Waals surface area contributed by atoms with Crippen molar-refractivity contribution in [2.24, 2.45) is 5.92 Å². The van der Waals surface area contributed by atoms with Gasteiger partial charge >= 0.3 is 0 Å². The fourth-order valence-electron chi connectivity index (χ4n) is 2.07. The number of halogens is 1. The predicted octanol–water partition coefficient (Wildman–Crippen LogP) is 1.98. The van der Waals surface area contributed by atoms with Crippen molar-refractivity contribution < 1.29 is 4.21 Å². The molecule has 1 aliphatic heterocycles. The third-order valence-corrected chi connectivity index (χ3v) is 4.66. The highest BCUT2D eigenvalue weighted by atomic mass is 35.5. The number of rotatable bonds is 4. The zero-order valence-corrected chi connectivity index (χ0v) is 11.3. The lowest BCUT2D eigenvalue weighted by molar-refractivity contribution is 0.408. The van der Waals surface area contributed by atoms with Crippen LogP contribution in [0.25, 0.3) is 0 Å².